The van der Waals surface area contributed by atoms with Crippen LogP contribution in [0.5, 0.6) is 0 Å². The summed E-state index contributed by atoms with van der Waals surface area (Å²) in [5.41, 5.74) is 2.13. The molecule has 1 aromatic rings. The molecule has 1 aromatic carbocycles. The summed E-state index contributed by atoms with van der Waals surface area (Å²) < 4.78 is 5.27. The molecule has 7 heteroatoms. The molecule has 0 bridgehead atoms. The molecule has 1 aliphatic heterocycles. The minimum Gasteiger partial charge on any atom is -0.378 e. The van der Waals surface area contributed by atoms with Crippen molar-refractivity contribution in [2.75, 3.05) is 45.2 Å². The van der Waals surface area contributed by atoms with Crippen LogP contribution in [0.25, 0.3) is 0 Å². The second-order valence-corrected chi connectivity index (χ2v) is 5.28. The van der Waals surface area contributed by atoms with Gasteiger partial charge in [0.2, 0.25) is 5.91 Å². The van der Waals surface area contributed by atoms with E-state index in [1.54, 1.807) is 24.1 Å². The van der Waals surface area contributed by atoms with E-state index in [1.807, 2.05) is 13.0 Å². The third-order valence-corrected chi connectivity index (χ3v) is 3.74. The monoisotopic (exact) mass is 341 g/mol. The normalized spacial score (nSPS) is 14.1. The Bertz CT molecular complexity index is 545. The molecule has 6 nitrogen and oxygen atoms in total. The van der Waals surface area contributed by atoms with Crippen LogP contribution in [0.4, 0.5) is 5.69 Å². The van der Waals surface area contributed by atoms with E-state index < -0.39 is 0 Å². The number of benzene rings is 1. The van der Waals surface area contributed by atoms with E-state index >= 15 is 0 Å². The first-order chi connectivity index (χ1) is 10.6. The van der Waals surface area contributed by atoms with Crippen LogP contribution in [-0.2, 0) is 9.53 Å². The Hall–Kier alpha value is -1.63. The van der Waals surface area contributed by atoms with Crippen LogP contribution in [-0.4, -0.2) is 56.6 Å². The summed E-state index contributed by atoms with van der Waals surface area (Å²) in [7, 11) is 1.81. The number of ether oxygens (including phenoxy) is 1. The van der Waals surface area contributed by atoms with Crippen LogP contribution in [0.3, 0.4) is 0 Å². The number of hydrogen-bond donors (Lipinski definition) is 2. The molecule has 0 atom stereocenters. The fraction of sp³-hybridized carbons (Fsp3) is 0.500. The zero-order chi connectivity index (χ0) is 15.9. The molecular weight excluding hydrogens is 318 g/mol. The Morgan fingerprint density at radius 3 is 2.61 bits per heavy atom. The molecule has 0 unspecified atom stereocenters. The van der Waals surface area contributed by atoms with Crippen molar-refractivity contribution >= 4 is 29.9 Å². The summed E-state index contributed by atoms with van der Waals surface area (Å²) in [6, 6.07) is 5.42. The predicted octanol–water partition coefficient (Wildman–Crippen LogP) is 1.44. The number of hydrogen-bond acceptors (Lipinski definition) is 4. The van der Waals surface area contributed by atoms with Crippen molar-refractivity contribution in [2.45, 2.75) is 13.3 Å². The van der Waals surface area contributed by atoms with E-state index in [4.69, 9.17) is 4.74 Å². The van der Waals surface area contributed by atoms with E-state index in [0.29, 0.717) is 50.5 Å². The Balaban J connectivity index is 0.00000264. The highest BCUT2D eigenvalue weighted by Crippen LogP contribution is 2.21. The minimum atomic E-state index is -0.0616. The second-order valence-electron chi connectivity index (χ2n) is 5.28. The Labute approximate surface area is 143 Å². The first-order valence-corrected chi connectivity index (χ1v) is 7.54. The van der Waals surface area contributed by atoms with E-state index in [0.717, 1.165) is 5.56 Å². The highest BCUT2D eigenvalue weighted by molar-refractivity contribution is 5.99. The van der Waals surface area contributed by atoms with Crippen LogP contribution < -0.4 is 10.6 Å². The summed E-state index contributed by atoms with van der Waals surface area (Å²) in [5.74, 6) is -0.0689. The highest BCUT2D eigenvalue weighted by atomic mass is 35.5. The lowest BCUT2D eigenvalue weighted by atomic mass is 10.0. The van der Waals surface area contributed by atoms with Gasteiger partial charge in [0.25, 0.3) is 5.91 Å². The molecule has 0 radical (unpaired) electrons. The minimum absolute atomic E-state index is 0. The van der Waals surface area contributed by atoms with Crippen LogP contribution in [0.1, 0.15) is 22.3 Å². The molecule has 1 saturated heterocycles. The Morgan fingerprint density at radius 2 is 1.96 bits per heavy atom. The first kappa shape index (κ1) is 19.4. The maximum Gasteiger partial charge on any atom is 0.254 e. The van der Waals surface area contributed by atoms with E-state index in [2.05, 4.69) is 10.6 Å². The Kier molecular flexibility index (Phi) is 8.02. The van der Waals surface area contributed by atoms with Gasteiger partial charge < -0.3 is 20.3 Å². The van der Waals surface area contributed by atoms with Gasteiger partial charge in [0.1, 0.15) is 0 Å². The molecule has 2 rings (SSSR count). The molecule has 1 heterocycles. The van der Waals surface area contributed by atoms with Crippen molar-refractivity contribution < 1.29 is 14.3 Å². The van der Waals surface area contributed by atoms with Crippen molar-refractivity contribution in [1.82, 2.24) is 10.2 Å². The van der Waals surface area contributed by atoms with Gasteiger partial charge >= 0.3 is 0 Å². The molecule has 0 aromatic heterocycles. The number of amides is 2. The van der Waals surface area contributed by atoms with Gasteiger partial charge in [-0.15, -0.1) is 12.4 Å². The number of rotatable bonds is 5. The number of carbonyl (C=O) groups is 2. The molecule has 1 aliphatic rings. The molecule has 2 N–H and O–H groups in total. The average Bonchev–Trinajstić information content (AvgIpc) is 2.55. The lowest BCUT2D eigenvalue weighted by Gasteiger charge is -2.27. The van der Waals surface area contributed by atoms with Crippen LogP contribution in [0.2, 0.25) is 0 Å². The molecule has 0 aliphatic carbocycles. The molecule has 0 saturated carbocycles. The van der Waals surface area contributed by atoms with Gasteiger partial charge in [-0.2, -0.15) is 0 Å². The standard InChI is InChI=1S/C16H23N3O3.ClH/c1-12-13(16(21)19-8-10-22-11-9-19)4-3-5-14(12)18-15(20)6-7-17-2;/h3-5,17H,6-11H2,1-2H3,(H,18,20);1H. The lowest BCUT2D eigenvalue weighted by molar-refractivity contribution is -0.116. The highest BCUT2D eigenvalue weighted by Gasteiger charge is 2.21. The van der Waals surface area contributed by atoms with Gasteiger partial charge in [-0.25, -0.2) is 0 Å². The van der Waals surface area contributed by atoms with E-state index in [1.165, 1.54) is 0 Å². The topological polar surface area (TPSA) is 70.7 Å². The van der Waals surface area contributed by atoms with E-state index in [9.17, 15) is 9.59 Å². The van der Waals surface area contributed by atoms with Gasteiger partial charge in [-0.1, -0.05) is 6.07 Å². The quantitative estimate of drug-likeness (QED) is 0.850. The van der Waals surface area contributed by atoms with Gasteiger partial charge in [-0.3, -0.25) is 9.59 Å². The molecule has 128 valence electrons. The van der Waals surface area contributed by atoms with Crippen molar-refractivity contribution in [1.29, 1.82) is 0 Å². The van der Waals surface area contributed by atoms with Gasteiger partial charge in [0.05, 0.1) is 13.2 Å². The van der Waals surface area contributed by atoms with Gasteiger partial charge in [-0.05, 0) is 31.7 Å². The first-order valence-electron chi connectivity index (χ1n) is 7.54. The summed E-state index contributed by atoms with van der Waals surface area (Å²) in [6.07, 6.45) is 0.400. The summed E-state index contributed by atoms with van der Waals surface area (Å²) in [4.78, 5) is 26.2. The number of morpholine rings is 1. The van der Waals surface area contributed by atoms with Crippen LogP contribution in [0.15, 0.2) is 18.2 Å². The van der Waals surface area contributed by atoms with Crippen molar-refractivity contribution in [2.24, 2.45) is 0 Å². The number of nitrogens with zero attached hydrogens (tertiary/aromatic N) is 1. The van der Waals surface area contributed by atoms with Crippen molar-refractivity contribution in [3.05, 3.63) is 29.3 Å². The average molecular weight is 342 g/mol. The number of anilines is 1. The molecule has 23 heavy (non-hydrogen) atoms. The Morgan fingerprint density at radius 1 is 1.26 bits per heavy atom. The van der Waals surface area contributed by atoms with Crippen LogP contribution in [0, 0.1) is 6.92 Å². The number of halogens is 1. The summed E-state index contributed by atoms with van der Waals surface area (Å²) >= 11 is 0. The summed E-state index contributed by atoms with van der Waals surface area (Å²) in [5, 5.41) is 5.81. The SMILES string of the molecule is CNCCC(=O)Nc1cccc(C(=O)N2CCOCC2)c1C.Cl. The third kappa shape index (κ3) is 5.20. The van der Waals surface area contributed by atoms with Gasteiger partial charge in [0, 0.05) is 37.3 Å². The largest absolute Gasteiger partial charge is 0.378 e. The third-order valence-electron chi connectivity index (χ3n) is 3.74. The second kappa shape index (κ2) is 9.50. The molecule has 2 amide bonds. The fourth-order valence-corrected chi connectivity index (χ4v) is 2.39. The van der Waals surface area contributed by atoms with Gasteiger partial charge in [0.15, 0.2) is 0 Å². The number of carbonyl (C=O) groups excluding carboxylic acids is 2. The smallest absolute Gasteiger partial charge is 0.254 e. The lowest BCUT2D eigenvalue weighted by Crippen LogP contribution is -2.41. The predicted molar refractivity (Wildman–Crippen MR) is 92.3 cm³/mol. The maximum absolute atomic E-state index is 12.6. The number of nitrogens with one attached hydrogen (secondary N) is 2. The molecule has 0 spiro atoms. The van der Waals surface area contributed by atoms with Crippen molar-refractivity contribution in [3.63, 3.8) is 0 Å². The molecular formula is C16H24ClN3O3. The zero-order valence-electron chi connectivity index (χ0n) is 13.6. The zero-order valence-corrected chi connectivity index (χ0v) is 14.4. The maximum atomic E-state index is 12.6. The van der Waals surface area contributed by atoms with Crippen LogP contribution >= 0.6 is 12.4 Å². The van der Waals surface area contributed by atoms with Crippen molar-refractivity contribution in [3.8, 4) is 0 Å². The van der Waals surface area contributed by atoms with E-state index in [-0.39, 0.29) is 24.2 Å². The fourth-order valence-electron chi connectivity index (χ4n) is 2.39. The summed E-state index contributed by atoms with van der Waals surface area (Å²) in [6.45, 7) is 4.85. The molecule has 1 fully saturated rings.